The summed E-state index contributed by atoms with van der Waals surface area (Å²) in [4.78, 5) is 58.8. The fourth-order valence-corrected chi connectivity index (χ4v) is 6.25. The first-order valence-electron chi connectivity index (χ1n) is 7.63. The van der Waals surface area contributed by atoms with E-state index in [0.29, 0.717) is 4.57 Å². The van der Waals surface area contributed by atoms with Crippen LogP contribution in [0.4, 0.5) is 0 Å². The summed E-state index contributed by atoms with van der Waals surface area (Å²) in [5, 5.41) is 10.7. The smallest absolute Gasteiger partial charge is 0.386 e. The van der Waals surface area contributed by atoms with E-state index in [0.717, 1.165) is 12.3 Å². The number of ether oxygens (including phenoxy) is 1. The van der Waals surface area contributed by atoms with Gasteiger partial charge in [0.05, 0.1) is 19.1 Å². The van der Waals surface area contributed by atoms with Crippen molar-refractivity contribution in [3.63, 3.8) is 0 Å². The van der Waals surface area contributed by atoms with Crippen LogP contribution in [0.5, 0.6) is 0 Å². The molecule has 0 amide bonds. The normalized spacial score (nSPS) is 30.6. The highest BCUT2D eigenvalue weighted by Crippen LogP contribution is 2.66. The molecule has 0 aliphatic carbocycles. The van der Waals surface area contributed by atoms with Crippen molar-refractivity contribution in [3.05, 3.63) is 33.1 Å². The van der Waals surface area contributed by atoms with Crippen LogP contribution in [-0.2, 0) is 36.6 Å². The number of hydrogen-bond acceptors (Lipinski definition) is 10. The molecule has 1 aromatic heterocycles. The maximum atomic E-state index is 12.0. The molecule has 0 saturated carbocycles. The van der Waals surface area contributed by atoms with Gasteiger partial charge in [-0.1, -0.05) is 11.6 Å². The SMILES string of the molecule is O=c1ccn([C@]2(Cl)CO[C@](CCl)(COP(=O)(O)OP(=O)(O)OP(=O)(O)O)[C@H]2O)c(=O)[nH]1. The molecule has 2 rings (SSSR count). The van der Waals surface area contributed by atoms with E-state index in [4.69, 9.17) is 42.6 Å². The first-order valence-corrected chi connectivity index (χ1v) is 13.1. The lowest BCUT2D eigenvalue weighted by atomic mass is 9.96. The van der Waals surface area contributed by atoms with Crippen molar-refractivity contribution in [2.24, 2.45) is 0 Å². The number of halogens is 2. The molecule has 1 fully saturated rings. The molecule has 21 heteroatoms. The van der Waals surface area contributed by atoms with Gasteiger partial charge in [-0.3, -0.25) is 18.9 Å². The second kappa shape index (κ2) is 9.09. The Balaban J connectivity index is 2.22. The summed E-state index contributed by atoms with van der Waals surface area (Å²) < 4.78 is 51.5. The number of nitrogens with one attached hydrogen (secondary N) is 1. The van der Waals surface area contributed by atoms with Gasteiger partial charge in [-0.25, -0.2) is 18.5 Å². The Hall–Kier alpha value is -0.410. The average Bonchev–Trinajstić information content (AvgIpc) is 2.83. The second-order valence-electron chi connectivity index (χ2n) is 6.05. The van der Waals surface area contributed by atoms with Gasteiger partial charge >= 0.3 is 29.2 Å². The van der Waals surface area contributed by atoms with Crippen LogP contribution in [0.1, 0.15) is 0 Å². The minimum absolute atomic E-state index is 0.617. The Morgan fingerprint density at radius 2 is 1.81 bits per heavy atom. The number of aliphatic hydroxyl groups excluding tert-OH is 1. The molecule has 0 radical (unpaired) electrons. The topological polar surface area (TPSA) is 244 Å². The number of H-pyrrole nitrogens is 1. The summed E-state index contributed by atoms with van der Waals surface area (Å²) in [5.74, 6) is -0.656. The number of aromatic amines is 1. The number of phosphoric acid groups is 3. The fraction of sp³-hybridized carbons (Fsp3) is 0.600. The first-order chi connectivity index (χ1) is 14.0. The summed E-state index contributed by atoms with van der Waals surface area (Å²) >= 11 is 12.1. The number of nitrogens with zero attached hydrogens (tertiary/aromatic N) is 1. The monoisotopic (exact) mass is 550 g/mol. The predicted molar refractivity (Wildman–Crippen MR) is 100 cm³/mol. The highest BCUT2D eigenvalue weighted by Gasteiger charge is 2.60. The van der Waals surface area contributed by atoms with E-state index in [1.54, 1.807) is 0 Å². The third-order valence-corrected chi connectivity index (χ3v) is 8.55. The lowest BCUT2D eigenvalue weighted by Crippen LogP contribution is -2.54. The molecule has 1 aliphatic heterocycles. The number of rotatable bonds is 9. The minimum atomic E-state index is -5.77. The quantitative estimate of drug-likeness (QED) is 0.162. The molecular formula is C10H15Cl2N2O14P3. The fourth-order valence-electron chi connectivity index (χ4n) is 2.48. The van der Waals surface area contributed by atoms with Gasteiger partial charge in [0, 0.05) is 12.3 Å². The van der Waals surface area contributed by atoms with E-state index in [1.165, 1.54) is 0 Å². The van der Waals surface area contributed by atoms with Gasteiger partial charge in [0.2, 0.25) is 0 Å². The highest BCUT2D eigenvalue weighted by atomic mass is 35.5. The van der Waals surface area contributed by atoms with Crippen LogP contribution in [0.15, 0.2) is 21.9 Å². The zero-order valence-corrected chi connectivity index (χ0v) is 19.0. The summed E-state index contributed by atoms with van der Waals surface area (Å²) in [7, 11) is -16.9. The van der Waals surface area contributed by atoms with Crippen molar-refractivity contribution in [1.29, 1.82) is 0 Å². The summed E-state index contributed by atoms with van der Waals surface area (Å²) in [6.45, 7) is -1.73. The molecule has 1 aromatic rings. The summed E-state index contributed by atoms with van der Waals surface area (Å²) in [6.07, 6.45) is -0.969. The average molecular weight is 551 g/mol. The molecule has 178 valence electrons. The molecule has 31 heavy (non-hydrogen) atoms. The third kappa shape index (κ3) is 6.34. The Morgan fingerprint density at radius 1 is 1.19 bits per heavy atom. The number of phosphoric ester groups is 1. The Bertz CT molecular complexity index is 1090. The first kappa shape index (κ1) is 26.8. The molecule has 6 N–H and O–H groups in total. The maximum Gasteiger partial charge on any atom is 0.490 e. The van der Waals surface area contributed by atoms with Crippen LogP contribution in [0.2, 0.25) is 0 Å². The molecule has 0 spiro atoms. The van der Waals surface area contributed by atoms with Crippen LogP contribution in [-0.4, -0.2) is 65.0 Å². The van der Waals surface area contributed by atoms with Crippen molar-refractivity contribution in [2.75, 3.05) is 19.1 Å². The number of aliphatic hydroxyl groups is 1. The molecule has 16 nitrogen and oxygen atoms in total. The Kier molecular flexibility index (Phi) is 7.87. The van der Waals surface area contributed by atoms with Gasteiger partial charge in [0.1, 0.15) is 11.7 Å². The molecular weight excluding hydrogens is 536 g/mol. The van der Waals surface area contributed by atoms with Gasteiger partial charge in [-0.05, 0) is 0 Å². The van der Waals surface area contributed by atoms with Gasteiger partial charge in [0.15, 0.2) is 5.00 Å². The van der Waals surface area contributed by atoms with Crippen molar-refractivity contribution in [1.82, 2.24) is 9.55 Å². The number of aromatic nitrogens is 2. The van der Waals surface area contributed by atoms with Crippen LogP contribution in [0, 0.1) is 0 Å². The van der Waals surface area contributed by atoms with Crippen LogP contribution in [0.25, 0.3) is 0 Å². The van der Waals surface area contributed by atoms with E-state index in [-0.39, 0.29) is 0 Å². The van der Waals surface area contributed by atoms with Crippen molar-refractivity contribution in [2.45, 2.75) is 16.7 Å². The number of hydrogen-bond donors (Lipinski definition) is 6. The third-order valence-electron chi connectivity index (χ3n) is 3.82. The van der Waals surface area contributed by atoms with Gasteiger partial charge in [-0.2, -0.15) is 8.62 Å². The largest absolute Gasteiger partial charge is 0.490 e. The predicted octanol–water partition coefficient (Wildman–Crippen LogP) is -0.860. The van der Waals surface area contributed by atoms with Crippen molar-refractivity contribution >= 4 is 46.7 Å². The Labute approximate surface area is 181 Å². The maximum absolute atomic E-state index is 12.0. The summed E-state index contributed by atoms with van der Waals surface area (Å²) in [6, 6.07) is 0.922. The van der Waals surface area contributed by atoms with Crippen molar-refractivity contribution in [3.8, 4) is 0 Å². The Morgan fingerprint density at radius 3 is 2.32 bits per heavy atom. The van der Waals surface area contributed by atoms with E-state index in [1.807, 2.05) is 4.98 Å². The lowest BCUT2D eigenvalue weighted by molar-refractivity contribution is -0.0748. The van der Waals surface area contributed by atoms with Crippen LogP contribution in [0.3, 0.4) is 0 Å². The van der Waals surface area contributed by atoms with Gasteiger partial charge < -0.3 is 29.4 Å². The molecule has 1 saturated heterocycles. The van der Waals surface area contributed by atoms with Crippen LogP contribution >= 0.6 is 46.7 Å². The van der Waals surface area contributed by atoms with Gasteiger partial charge in [0.25, 0.3) is 5.56 Å². The number of alkyl halides is 2. The van der Waals surface area contributed by atoms with E-state index < -0.39 is 70.5 Å². The molecule has 1 aliphatic rings. The minimum Gasteiger partial charge on any atom is -0.386 e. The molecule has 5 atom stereocenters. The molecule has 0 aromatic carbocycles. The zero-order valence-electron chi connectivity index (χ0n) is 14.8. The highest BCUT2D eigenvalue weighted by molar-refractivity contribution is 7.66. The lowest BCUT2D eigenvalue weighted by Gasteiger charge is -2.33. The molecule has 2 unspecified atom stereocenters. The van der Waals surface area contributed by atoms with Gasteiger partial charge in [-0.15, -0.1) is 11.6 Å². The van der Waals surface area contributed by atoms with E-state index in [2.05, 4.69) is 13.1 Å². The zero-order chi connectivity index (χ0) is 23.9. The summed E-state index contributed by atoms with van der Waals surface area (Å²) in [5.41, 5.74) is -3.86. The van der Waals surface area contributed by atoms with Crippen molar-refractivity contribution < 1.29 is 56.3 Å². The second-order valence-corrected chi connectivity index (χ2v) is 11.4. The molecule has 2 heterocycles. The standard InChI is InChI=1S/C10H15Cl2N2O14P3/c11-3-9(4-26-30(21,22)28-31(23,24)27-29(18,19)20)7(16)10(12,5-25-9)14-2-1-6(15)13-8(14)17/h1-2,7,16H,3-5H2,(H,21,22)(H,23,24)(H,13,15,17)(H2,18,19,20)/t7-,9-,10-/m1/s1. The van der Waals surface area contributed by atoms with E-state index >= 15 is 0 Å². The van der Waals surface area contributed by atoms with Crippen LogP contribution < -0.4 is 11.2 Å². The molecule has 0 bridgehead atoms. The van der Waals surface area contributed by atoms with E-state index in [9.17, 15) is 33.3 Å².